The lowest BCUT2D eigenvalue weighted by Crippen LogP contribution is -2.19. The number of carbonyl (C=O) groups excluding carboxylic acids is 3. The van der Waals surface area contributed by atoms with Gasteiger partial charge in [0.15, 0.2) is 5.69 Å². The second-order valence-electron chi connectivity index (χ2n) is 6.83. The van der Waals surface area contributed by atoms with Crippen LogP contribution in [0.5, 0.6) is 0 Å². The number of amides is 2. The molecule has 30 heavy (non-hydrogen) atoms. The van der Waals surface area contributed by atoms with Gasteiger partial charge in [0.1, 0.15) is 5.82 Å². The van der Waals surface area contributed by atoms with E-state index in [1.165, 1.54) is 17.9 Å². The minimum atomic E-state index is -0.458. The molecule has 8 heteroatoms. The number of hydrogen-bond acceptors (Lipinski definition) is 5. The standard InChI is InChI=1S/C22H22N4O4/c1-14(2)20(27)24-19-13-18(25-26(19)17-7-5-4-6-8-17)21(28)23-16-11-9-15(10-12-16)22(29)30-3/h4-14H,1-3H3,(H,23,28)(H,24,27). The summed E-state index contributed by atoms with van der Waals surface area (Å²) < 4.78 is 6.17. The lowest BCUT2D eigenvalue weighted by Gasteiger charge is -2.10. The molecule has 0 aliphatic rings. The topological polar surface area (TPSA) is 102 Å². The number of benzene rings is 2. The molecule has 0 saturated carbocycles. The van der Waals surface area contributed by atoms with Crippen LogP contribution in [0.4, 0.5) is 11.5 Å². The van der Waals surface area contributed by atoms with Gasteiger partial charge in [-0.1, -0.05) is 32.0 Å². The van der Waals surface area contributed by atoms with Crippen molar-refractivity contribution in [1.82, 2.24) is 9.78 Å². The summed E-state index contributed by atoms with van der Waals surface area (Å²) in [4.78, 5) is 36.4. The van der Waals surface area contributed by atoms with E-state index in [2.05, 4.69) is 20.5 Å². The Hall–Kier alpha value is -3.94. The first kappa shape index (κ1) is 20.8. The van der Waals surface area contributed by atoms with E-state index in [1.807, 2.05) is 30.3 Å². The highest BCUT2D eigenvalue weighted by Crippen LogP contribution is 2.19. The van der Waals surface area contributed by atoms with Gasteiger partial charge in [0.2, 0.25) is 5.91 Å². The second-order valence-corrected chi connectivity index (χ2v) is 6.83. The molecule has 8 nitrogen and oxygen atoms in total. The van der Waals surface area contributed by atoms with Gasteiger partial charge in [-0.3, -0.25) is 9.59 Å². The third-order valence-corrected chi connectivity index (χ3v) is 4.28. The van der Waals surface area contributed by atoms with Gasteiger partial charge in [0, 0.05) is 17.7 Å². The fourth-order valence-electron chi connectivity index (χ4n) is 2.62. The number of carbonyl (C=O) groups is 3. The van der Waals surface area contributed by atoms with E-state index < -0.39 is 11.9 Å². The molecule has 0 spiro atoms. The zero-order valence-electron chi connectivity index (χ0n) is 16.9. The Morgan fingerprint density at radius 1 is 0.967 bits per heavy atom. The molecule has 2 amide bonds. The van der Waals surface area contributed by atoms with Gasteiger partial charge in [-0.25, -0.2) is 9.48 Å². The van der Waals surface area contributed by atoms with E-state index in [9.17, 15) is 14.4 Å². The third kappa shape index (κ3) is 4.72. The van der Waals surface area contributed by atoms with Crippen molar-refractivity contribution in [3.05, 3.63) is 71.9 Å². The van der Waals surface area contributed by atoms with Crippen molar-refractivity contribution < 1.29 is 19.1 Å². The van der Waals surface area contributed by atoms with E-state index in [0.717, 1.165) is 0 Å². The van der Waals surface area contributed by atoms with Crippen LogP contribution in [0, 0.1) is 5.92 Å². The van der Waals surface area contributed by atoms with Gasteiger partial charge in [-0.05, 0) is 36.4 Å². The average molecular weight is 406 g/mol. The van der Waals surface area contributed by atoms with Crippen LogP contribution in [0.3, 0.4) is 0 Å². The van der Waals surface area contributed by atoms with E-state index in [-0.39, 0.29) is 17.5 Å². The number of aromatic nitrogens is 2. The van der Waals surface area contributed by atoms with Crippen LogP contribution < -0.4 is 10.6 Å². The first-order chi connectivity index (χ1) is 14.4. The van der Waals surface area contributed by atoms with E-state index in [0.29, 0.717) is 22.8 Å². The molecule has 0 bridgehead atoms. The average Bonchev–Trinajstić information content (AvgIpc) is 3.18. The Morgan fingerprint density at radius 3 is 2.23 bits per heavy atom. The first-order valence-electron chi connectivity index (χ1n) is 9.35. The fourth-order valence-corrected chi connectivity index (χ4v) is 2.62. The molecule has 0 aliphatic heterocycles. The van der Waals surface area contributed by atoms with Crippen molar-refractivity contribution in [2.45, 2.75) is 13.8 Å². The Labute approximate surface area is 173 Å². The molecular weight excluding hydrogens is 384 g/mol. The molecule has 1 aromatic heterocycles. The number of ether oxygens (including phenoxy) is 1. The Kier molecular flexibility index (Phi) is 6.26. The maximum absolute atomic E-state index is 12.7. The molecule has 3 aromatic rings. The lowest BCUT2D eigenvalue weighted by atomic mass is 10.2. The van der Waals surface area contributed by atoms with Gasteiger partial charge in [0.05, 0.1) is 18.4 Å². The molecule has 154 valence electrons. The van der Waals surface area contributed by atoms with Crippen LogP contribution in [0.1, 0.15) is 34.7 Å². The first-order valence-corrected chi connectivity index (χ1v) is 9.35. The summed E-state index contributed by atoms with van der Waals surface area (Å²) in [5, 5.41) is 9.90. The lowest BCUT2D eigenvalue weighted by molar-refractivity contribution is -0.118. The van der Waals surface area contributed by atoms with Gasteiger partial charge >= 0.3 is 5.97 Å². The highest BCUT2D eigenvalue weighted by atomic mass is 16.5. The van der Waals surface area contributed by atoms with Crippen LogP contribution in [-0.2, 0) is 9.53 Å². The maximum atomic E-state index is 12.7. The number of anilines is 2. The molecule has 2 N–H and O–H groups in total. The molecule has 1 heterocycles. The van der Waals surface area contributed by atoms with Crippen LogP contribution >= 0.6 is 0 Å². The van der Waals surface area contributed by atoms with Crippen molar-refractivity contribution in [1.29, 1.82) is 0 Å². The van der Waals surface area contributed by atoms with Crippen LogP contribution in [-0.4, -0.2) is 34.7 Å². The third-order valence-electron chi connectivity index (χ3n) is 4.28. The summed E-state index contributed by atoms with van der Waals surface area (Å²) >= 11 is 0. The normalized spacial score (nSPS) is 10.5. The number of methoxy groups -OCH3 is 1. The van der Waals surface area contributed by atoms with Gasteiger partial charge in [-0.2, -0.15) is 5.10 Å². The molecular formula is C22H22N4O4. The number of esters is 1. The van der Waals surface area contributed by atoms with Gasteiger partial charge in [0.25, 0.3) is 5.91 Å². The number of rotatable bonds is 6. The van der Waals surface area contributed by atoms with Crippen molar-refractivity contribution in [2.75, 3.05) is 17.7 Å². The van der Waals surface area contributed by atoms with E-state index in [4.69, 9.17) is 0 Å². The van der Waals surface area contributed by atoms with Crippen molar-refractivity contribution in [3.63, 3.8) is 0 Å². The largest absolute Gasteiger partial charge is 0.465 e. The second kappa shape index (κ2) is 9.04. The van der Waals surface area contributed by atoms with Crippen LogP contribution in [0.2, 0.25) is 0 Å². The molecule has 0 saturated heterocycles. The smallest absolute Gasteiger partial charge is 0.337 e. The van der Waals surface area contributed by atoms with Crippen LogP contribution in [0.15, 0.2) is 60.7 Å². The SMILES string of the molecule is COC(=O)c1ccc(NC(=O)c2cc(NC(=O)C(C)C)n(-c3ccccc3)n2)cc1. The Balaban J connectivity index is 1.86. The van der Waals surface area contributed by atoms with Crippen LogP contribution in [0.25, 0.3) is 5.69 Å². The zero-order chi connectivity index (χ0) is 21.7. The monoisotopic (exact) mass is 406 g/mol. The summed E-state index contributed by atoms with van der Waals surface area (Å²) in [7, 11) is 1.30. The summed E-state index contributed by atoms with van der Waals surface area (Å²) in [6, 6.07) is 17.0. The Bertz CT molecular complexity index is 1060. The van der Waals surface area contributed by atoms with Crippen molar-refractivity contribution in [3.8, 4) is 5.69 Å². The van der Waals surface area contributed by atoms with Gasteiger partial charge in [-0.15, -0.1) is 0 Å². The van der Waals surface area contributed by atoms with Crippen molar-refractivity contribution >= 4 is 29.3 Å². The number of nitrogens with one attached hydrogen (secondary N) is 2. The summed E-state index contributed by atoms with van der Waals surface area (Å²) in [5.41, 5.74) is 1.71. The predicted octanol–water partition coefficient (Wildman–Crippen LogP) is 3.51. The van der Waals surface area contributed by atoms with Crippen molar-refractivity contribution in [2.24, 2.45) is 5.92 Å². The van der Waals surface area contributed by atoms with E-state index >= 15 is 0 Å². The summed E-state index contributed by atoms with van der Waals surface area (Å²) in [6.45, 7) is 3.56. The van der Waals surface area contributed by atoms with Gasteiger partial charge < -0.3 is 15.4 Å². The summed E-state index contributed by atoms with van der Waals surface area (Å²) in [5.74, 6) is -0.922. The van der Waals surface area contributed by atoms with E-state index in [1.54, 1.807) is 38.1 Å². The number of para-hydroxylation sites is 1. The molecule has 0 unspecified atom stereocenters. The zero-order valence-corrected chi connectivity index (χ0v) is 16.9. The predicted molar refractivity (Wildman–Crippen MR) is 113 cm³/mol. The Morgan fingerprint density at radius 2 is 1.63 bits per heavy atom. The summed E-state index contributed by atoms with van der Waals surface area (Å²) in [6.07, 6.45) is 0. The highest BCUT2D eigenvalue weighted by Gasteiger charge is 2.18. The molecule has 0 aliphatic carbocycles. The number of nitrogens with zero attached hydrogens (tertiary/aromatic N) is 2. The molecule has 0 radical (unpaired) electrons. The highest BCUT2D eigenvalue weighted by molar-refractivity contribution is 6.04. The minimum Gasteiger partial charge on any atom is -0.465 e. The maximum Gasteiger partial charge on any atom is 0.337 e. The molecule has 0 fully saturated rings. The minimum absolute atomic E-state index is 0.134. The quantitative estimate of drug-likeness (QED) is 0.610. The number of hydrogen-bond donors (Lipinski definition) is 2. The molecule has 2 aromatic carbocycles. The molecule has 0 atom stereocenters. The molecule has 3 rings (SSSR count). The fraction of sp³-hybridized carbons (Fsp3) is 0.182.